The first kappa shape index (κ1) is 56.9. The smallest absolute Gasteiger partial charge is 0.305 e. The van der Waals surface area contributed by atoms with Crippen molar-refractivity contribution in [3.8, 4) is 0 Å². The lowest BCUT2D eigenvalue weighted by molar-refractivity contribution is -0.143. The summed E-state index contributed by atoms with van der Waals surface area (Å²) in [5.74, 6) is -0.0304. The zero-order valence-electron chi connectivity index (χ0n) is 39.3. The zero-order chi connectivity index (χ0) is 42.3. The van der Waals surface area contributed by atoms with Gasteiger partial charge in [-0.3, -0.25) is 9.59 Å². The van der Waals surface area contributed by atoms with Gasteiger partial charge in [-0.15, -0.1) is 0 Å². The molecule has 0 fully saturated rings. The van der Waals surface area contributed by atoms with Crippen LogP contribution in [-0.4, -0.2) is 47.4 Å². The maximum Gasteiger partial charge on any atom is 0.305 e. The third-order valence-corrected chi connectivity index (χ3v) is 12.4. The Morgan fingerprint density at radius 1 is 0.414 bits per heavy atom. The van der Waals surface area contributed by atoms with Gasteiger partial charge in [0.25, 0.3) is 0 Å². The van der Waals surface area contributed by atoms with Crippen LogP contribution in [0.4, 0.5) is 0 Å². The molecule has 0 saturated carbocycles. The minimum Gasteiger partial charge on any atom is -0.466 e. The van der Waals surface area contributed by atoms with E-state index in [9.17, 15) is 19.8 Å². The van der Waals surface area contributed by atoms with Crippen LogP contribution in [0, 0.1) is 0 Å². The molecule has 0 aliphatic carbocycles. The van der Waals surface area contributed by atoms with E-state index >= 15 is 0 Å². The number of nitrogens with one attached hydrogen (secondary N) is 1. The minimum atomic E-state index is -0.663. The lowest BCUT2D eigenvalue weighted by Crippen LogP contribution is -2.45. The molecule has 58 heavy (non-hydrogen) atoms. The maximum absolute atomic E-state index is 12.4. The molecule has 2 unspecified atom stereocenters. The Labute approximate surface area is 362 Å². The molecule has 0 radical (unpaired) electrons. The number of carbonyl (C=O) groups is 2. The summed E-state index contributed by atoms with van der Waals surface area (Å²) in [5, 5.41) is 23.1. The van der Waals surface area contributed by atoms with Crippen molar-refractivity contribution >= 4 is 11.9 Å². The average molecular weight is 822 g/mol. The van der Waals surface area contributed by atoms with E-state index in [4.69, 9.17) is 4.74 Å². The van der Waals surface area contributed by atoms with Crippen molar-refractivity contribution in [2.45, 2.75) is 309 Å². The first-order valence-electron chi connectivity index (χ1n) is 26.3. The second kappa shape index (κ2) is 48.5. The summed E-state index contributed by atoms with van der Waals surface area (Å²) in [7, 11) is 0. The highest BCUT2D eigenvalue weighted by atomic mass is 16.5. The molecule has 3 N–H and O–H groups in total. The van der Waals surface area contributed by atoms with Crippen LogP contribution >= 0.6 is 0 Å². The Hall–Kier alpha value is -1.14. The standard InChI is InChI=1S/C52H103NO5/c1-3-5-7-9-11-13-14-15-23-26-30-34-38-42-46-52(57)58-47-43-39-35-31-27-24-21-19-17-16-18-20-22-25-29-33-37-41-45-51(56)53-49(48-54)50(55)44-40-36-32-28-12-10-8-6-4-2/h49-50,54-55H,3-48H2,1-2H3,(H,53,56). The van der Waals surface area contributed by atoms with E-state index in [2.05, 4.69) is 19.2 Å². The quantitative estimate of drug-likeness (QED) is 0.0420. The summed E-state index contributed by atoms with van der Waals surface area (Å²) < 4.78 is 5.47. The first-order valence-corrected chi connectivity index (χ1v) is 26.3. The highest BCUT2D eigenvalue weighted by Gasteiger charge is 2.20. The van der Waals surface area contributed by atoms with Crippen LogP contribution in [0.3, 0.4) is 0 Å². The van der Waals surface area contributed by atoms with Crippen LogP contribution in [0.2, 0.25) is 0 Å². The van der Waals surface area contributed by atoms with Gasteiger partial charge in [-0.25, -0.2) is 0 Å². The summed E-state index contributed by atoms with van der Waals surface area (Å²) in [5.41, 5.74) is 0. The molecular weight excluding hydrogens is 719 g/mol. The van der Waals surface area contributed by atoms with Gasteiger partial charge >= 0.3 is 5.97 Å². The fraction of sp³-hybridized carbons (Fsp3) is 0.962. The first-order chi connectivity index (χ1) is 28.5. The predicted molar refractivity (Wildman–Crippen MR) is 250 cm³/mol. The van der Waals surface area contributed by atoms with E-state index < -0.39 is 12.1 Å². The monoisotopic (exact) mass is 822 g/mol. The largest absolute Gasteiger partial charge is 0.466 e. The summed E-state index contributed by atoms with van der Waals surface area (Å²) in [6, 6.07) is -0.540. The van der Waals surface area contributed by atoms with E-state index in [1.54, 1.807) is 0 Å². The Morgan fingerprint density at radius 3 is 1.05 bits per heavy atom. The molecular formula is C52H103NO5. The van der Waals surface area contributed by atoms with Gasteiger partial charge in [0.1, 0.15) is 0 Å². The lowest BCUT2D eigenvalue weighted by atomic mass is 10.0. The molecule has 0 heterocycles. The molecule has 2 atom stereocenters. The van der Waals surface area contributed by atoms with Gasteiger partial charge in [0.15, 0.2) is 0 Å². The Morgan fingerprint density at radius 2 is 0.707 bits per heavy atom. The lowest BCUT2D eigenvalue weighted by Gasteiger charge is -2.22. The molecule has 0 rings (SSSR count). The van der Waals surface area contributed by atoms with Gasteiger partial charge in [0.05, 0.1) is 25.4 Å². The molecule has 0 aromatic heterocycles. The Kier molecular flexibility index (Phi) is 47.6. The molecule has 0 saturated heterocycles. The van der Waals surface area contributed by atoms with E-state index in [0.717, 1.165) is 38.5 Å². The SMILES string of the molecule is CCCCCCCCCCCCCCCCC(=O)OCCCCCCCCCCCCCCCCCCCCC(=O)NC(CO)C(O)CCCCCCCCCCC. The van der Waals surface area contributed by atoms with E-state index in [0.29, 0.717) is 25.9 Å². The third kappa shape index (κ3) is 44.4. The fourth-order valence-corrected chi connectivity index (χ4v) is 8.35. The minimum absolute atomic E-state index is 0.00981. The van der Waals surface area contributed by atoms with Gasteiger partial charge < -0.3 is 20.3 Å². The molecule has 1 amide bonds. The highest BCUT2D eigenvalue weighted by Crippen LogP contribution is 2.17. The Balaban J connectivity index is 3.36. The van der Waals surface area contributed by atoms with Crippen LogP contribution < -0.4 is 5.32 Å². The number of carbonyl (C=O) groups excluding carboxylic acids is 2. The van der Waals surface area contributed by atoms with Crippen molar-refractivity contribution in [3.63, 3.8) is 0 Å². The molecule has 6 heteroatoms. The zero-order valence-corrected chi connectivity index (χ0v) is 39.3. The van der Waals surface area contributed by atoms with Gasteiger partial charge in [0.2, 0.25) is 5.91 Å². The second-order valence-electron chi connectivity index (χ2n) is 18.2. The number of amides is 1. The molecule has 0 aliphatic heterocycles. The second-order valence-corrected chi connectivity index (χ2v) is 18.2. The molecule has 0 spiro atoms. The highest BCUT2D eigenvalue weighted by molar-refractivity contribution is 5.76. The van der Waals surface area contributed by atoms with Gasteiger partial charge in [0, 0.05) is 12.8 Å². The van der Waals surface area contributed by atoms with Crippen LogP contribution in [0.15, 0.2) is 0 Å². The summed E-state index contributed by atoms with van der Waals surface area (Å²) in [6.07, 6.45) is 53.7. The summed E-state index contributed by atoms with van der Waals surface area (Å²) >= 11 is 0. The predicted octanol–water partition coefficient (Wildman–Crippen LogP) is 15.6. The number of esters is 1. The normalized spacial score (nSPS) is 12.6. The van der Waals surface area contributed by atoms with Crippen LogP contribution in [0.25, 0.3) is 0 Å². The van der Waals surface area contributed by atoms with Crippen LogP contribution in [-0.2, 0) is 14.3 Å². The Bertz CT molecular complexity index is 822. The molecule has 0 aromatic carbocycles. The van der Waals surface area contributed by atoms with E-state index in [-0.39, 0.29) is 18.5 Å². The maximum atomic E-state index is 12.4. The van der Waals surface area contributed by atoms with Crippen molar-refractivity contribution < 1.29 is 24.5 Å². The molecule has 346 valence electrons. The fourth-order valence-electron chi connectivity index (χ4n) is 8.35. The van der Waals surface area contributed by atoms with E-state index in [1.807, 2.05) is 0 Å². The molecule has 0 aliphatic rings. The van der Waals surface area contributed by atoms with Crippen molar-refractivity contribution in [2.75, 3.05) is 13.2 Å². The van der Waals surface area contributed by atoms with Crippen molar-refractivity contribution in [3.05, 3.63) is 0 Å². The van der Waals surface area contributed by atoms with Gasteiger partial charge in [-0.1, -0.05) is 258 Å². The third-order valence-electron chi connectivity index (χ3n) is 12.4. The van der Waals surface area contributed by atoms with Gasteiger partial charge in [-0.2, -0.15) is 0 Å². The summed E-state index contributed by atoms with van der Waals surface area (Å²) in [4.78, 5) is 24.4. The molecule has 0 bridgehead atoms. The number of hydrogen-bond donors (Lipinski definition) is 3. The van der Waals surface area contributed by atoms with Crippen molar-refractivity contribution in [2.24, 2.45) is 0 Å². The number of ether oxygens (including phenoxy) is 1. The van der Waals surface area contributed by atoms with Crippen molar-refractivity contribution in [1.82, 2.24) is 5.32 Å². The van der Waals surface area contributed by atoms with Gasteiger partial charge in [-0.05, 0) is 25.7 Å². The number of aliphatic hydroxyl groups is 2. The van der Waals surface area contributed by atoms with Crippen molar-refractivity contribution in [1.29, 1.82) is 0 Å². The molecule has 6 nitrogen and oxygen atoms in total. The van der Waals surface area contributed by atoms with E-state index in [1.165, 1.54) is 225 Å². The summed E-state index contributed by atoms with van der Waals surface area (Å²) in [6.45, 7) is 4.94. The number of aliphatic hydroxyl groups excluding tert-OH is 2. The molecule has 0 aromatic rings. The van der Waals surface area contributed by atoms with Crippen LogP contribution in [0.5, 0.6) is 0 Å². The number of unbranched alkanes of at least 4 members (excludes halogenated alkanes) is 38. The number of rotatable bonds is 49. The topological polar surface area (TPSA) is 95.9 Å². The number of hydrogen-bond acceptors (Lipinski definition) is 5. The van der Waals surface area contributed by atoms with Crippen LogP contribution in [0.1, 0.15) is 296 Å². The average Bonchev–Trinajstić information content (AvgIpc) is 3.22.